The van der Waals surface area contributed by atoms with Crippen LogP contribution in [0.4, 0.5) is 10.5 Å². The van der Waals surface area contributed by atoms with Crippen molar-refractivity contribution in [2.45, 2.75) is 65.3 Å². The van der Waals surface area contributed by atoms with Crippen molar-refractivity contribution in [3.63, 3.8) is 0 Å². The number of ether oxygens (including phenoxy) is 3. The van der Waals surface area contributed by atoms with E-state index >= 15 is 0 Å². The third-order valence-corrected chi connectivity index (χ3v) is 4.97. The Kier molecular flexibility index (Phi) is 6.80. The minimum Gasteiger partial charge on any atom is -0.502 e. The number of nitrogens with zero attached hydrogens (tertiary/aromatic N) is 3. The number of carbonyl (C=O) groups excluding carboxylic acids is 1. The number of piperidine rings is 1. The number of likely N-dealkylation sites (tertiary alicyclic amines) is 1. The van der Waals surface area contributed by atoms with Crippen molar-refractivity contribution in [2.75, 3.05) is 13.1 Å². The molecule has 1 aliphatic heterocycles. The molecule has 0 bridgehead atoms. The van der Waals surface area contributed by atoms with Gasteiger partial charge in [-0.15, -0.1) is 0 Å². The van der Waals surface area contributed by atoms with E-state index in [2.05, 4.69) is 9.83 Å². The van der Waals surface area contributed by atoms with E-state index in [9.17, 15) is 4.79 Å². The minimum absolute atomic E-state index is 0.0878. The van der Waals surface area contributed by atoms with Crippen molar-refractivity contribution in [3.8, 4) is 11.6 Å². The van der Waals surface area contributed by atoms with Crippen LogP contribution < -0.4 is 9.47 Å². The third kappa shape index (κ3) is 5.71. The third-order valence-electron chi connectivity index (χ3n) is 4.67. The number of rotatable bonds is 4. The van der Waals surface area contributed by atoms with Crippen LogP contribution in [0.3, 0.4) is 0 Å². The summed E-state index contributed by atoms with van der Waals surface area (Å²) >= 11 is 6.35. The second-order valence-corrected chi connectivity index (χ2v) is 9.27. The first-order valence-electron chi connectivity index (χ1n) is 10.4. The second kappa shape index (κ2) is 9.19. The maximum Gasteiger partial charge on any atom is 0.410 e. The summed E-state index contributed by atoms with van der Waals surface area (Å²) in [4.78, 5) is 22.1. The van der Waals surface area contributed by atoms with E-state index in [0.29, 0.717) is 46.2 Å². The van der Waals surface area contributed by atoms with E-state index in [1.807, 2.05) is 34.6 Å². The number of hydrogen-bond donors (Lipinski definition) is 0. The maximum atomic E-state index is 12.5. The van der Waals surface area contributed by atoms with Crippen LogP contribution in [0.25, 0.3) is 15.6 Å². The molecule has 1 aliphatic rings. The summed E-state index contributed by atoms with van der Waals surface area (Å²) in [6.45, 7) is 17.9. The van der Waals surface area contributed by atoms with Gasteiger partial charge in [-0.2, -0.15) is 0 Å². The van der Waals surface area contributed by atoms with Gasteiger partial charge in [0.2, 0.25) is 11.6 Å². The van der Waals surface area contributed by atoms with Crippen LogP contribution in [0.1, 0.15) is 47.5 Å². The Labute approximate surface area is 188 Å². The molecule has 1 aromatic heterocycles. The fourth-order valence-electron chi connectivity index (χ4n) is 3.41. The minimum atomic E-state index is -0.549. The normalized spacial score (nSPS) is 16.8. The van der Waals surface area contributed by atoms with Crippen LogP contribution in [0.2, 0.25) is 5.02 Å². The smallest absolute Gasteiger partial charge is 0.410 e. The van der Waals surface area contributed by atoms with Crippen molar-refractivity contribution >= 4 is 34.2 Å². The first kappa shape index (κ1) is 23.0. The highest BCUT2D eigenvalue weighted by molar-refractivity contribution is 6.35. The molecule has 31 heavy (non-hydrogen) atoms. The van der Waals surface area contributed by atoms with Gasteiger partial charge < -0.3 is 19.1 Å². The Morgan fingerprint density at radius 3 is 2.71 bits per heavy atom. The molecule has 8 heteroatoms. The van der Waals surface area contributed by atoms with E-state index in [1.54, 1.807) is 17.0 Å². The molecule has 166 valence electrons. The van der Waals surface area contributed by atoms with Gasteiger partial charge in [0.1, 0.15) is 17.5 Å². The molecular weight excluding hydrogens is 418 g/mol. The molecule has 2 aromatic rings. The van der Waals surface area contributed by atoms with E-state index in [-0.39, 0.29) is 18.3 Å². The van der Waals surface area contributed by atoms with Gasteiger partial charge in [-0.1, -0.05) is 11.6 Å². The molecule has 1 aromatic carbocycles. The standard InChI is InChI=1S/C23H28ClN3O4/c1-14(2)29-20-11-17-16(10-19(20)25-6)18(24)12-26-21(17)30-15-8-7-9-27(13-15)22(28)31-23(3,4)5/h10-12,14-15H,7-9,13H2,1-5H3/t15-/m1/s1. The molecule has 1 atom stereocenters. The zero-order chi connectivity index (χ0) is 22.8. The number of carbonyl (C=O) groups is 1. The van der Waals surface area contributed by atoms with Gasteiger partial charge in [-0.25, -0.2) is 14.6 Å². The van der Waals surface area contributed by atoms with E-state index < -0.39 is 5.60 Å². The molecule has 1 fully saturated rings. The zero-order valence-corrected chi connectivity index (χ0v) is 19.3. The zero-order valence-electron chi connectivity index (χ0n) is 18.6. The van der Waals surface area contributed by atoms with E-state index in [4.69, 9.17) is 32.4 Å². The summed E-state index contributed by atoms with van der Waals surface area (Å²) in [5, 5.41) is 1.78. The van der Waals surface area contributed by atoms with E-state index in [0.717, 1.165) is 12.8 Å². The largest absolute Gasteiger partial charge is 0.502 e. The Bertz CT molecular complexity index is 1010. The van der Waals surface area contributed by atoms with Gasteiger partial charge in [0, 0.05) is 11.9 Å². The van der Waals surface area contributed by atoms with Crippen LogP contribution in [-0.2, 0) is 4.74 Å². The fourth-order valence-corrected chi connectivity index (χ4v) is 3.62. The molecule has 0 spiro atoms. The lowest BCUT2D eigenvalue weighted by Gasteiger charge is -2.34. The molecule has 1 saturated heterocycles. The van der Waals surface area contributed by atoms with Crippen molar-refractivity contribution in [1.29, 1.82) is 0 Å². The SMILES string of the molecule is [C-]#[N+]c1cc2c(Cl)cnc(O[C@@H]3CCCN(C(=O)OC(C)(C)C)C3)c2cc1OC(C)C. The number of aromatic nitrogens is 1. The molecule has 0 N–H and O–H groups in total. The van der Waals surface area contributed by atoms with Gasteiger partial charge in [-0.05, 0) is 65.0 Å². The first-order valence-corrected chi connectivity index (χ1v) is 10.8. The average molecular weight is 446 g/mol. The molecule has 7 nitrogen and oxygen atoms in total. The van der Waals surface area contributed by atoms with Gasteiger partial charge in [0.15, 0.2) is 0 Å². The quantitative estimate of drug-likeness (QED) is 0.539. The molecule has 1 amide bonds. The Balaban J connectivity index is 1.88. The molecule has 0 aliphatic carbocycles. The number of halogens is 1. The lowest BCUT2D eigenvalue weighted by atomic mass is 10.1. The summed E-state index contributed by atoms with van der Waals surface area (Å²) in [6, 6.07) is 3.45. The molecule has 2 heterocycles. The summed E-state index contributed by atoms with van der Waals surface area (Å²) in [5.41, 5.74) is -0.166. The van der Waals surface area contributed by atoms with Crippen LogP contribution in [0.5, 0.6) is 11.6 Å². The molecule has 0 saturated carbocycles. The Morgan fingerprint density at radius 1 is 1.32 bits per heavy atom. The highest BCUT2D eigenvalue weighted by Crippen LogP contribution is 2.39. The Morgan fingerprint density at radius 2 is 2.06 bits per heavy atom. The van der Waals surface area contributed by atoms with Crippen molar-refractivity contribution in [3.05, 3.63) is 34.8 Å². The van der Waals surface area contributed by atoms with E-state index in [1.165, 1.54) is 6.20 Å². The number of benzene rings is 1. The Hall–Kier alpha value is -2.72. The summed E-state index contributed by atoms with van der Waals surface area (Å²) in [7, 11) is 0. The number of hydrogen-bond acceptors (Lipinski definition) is 5. The van der Waals surface area contributed by atoms with Gasteiger partial charge in [0.05, 0.1) is 30.4 Å². The molecular formula is C23H28ClN3O4. The van der Waals surface area contributed by atoms with Crippen LogP contribution in [-0.4, -0.2) is 46.9 Å². The van der Waals surface area contributed by atoms with Crippen molar-refractivity contribution < 1.29 is 19.0 Å². The summed E-state index contributed by atoms with van der Waals surface area (Å²) in [5.74, 6) is 0.867. The number of pyridine rings is 1. The van der Waals surface area contributed by atoms with Gasteiger partial charge in [0.25, 0.3) is 0 Å². The predicted octanol–water partition coefficient (Wildman–Crippen LogP) is 6.00. The summed E-state index contributed by atoms with van der Waals surface area (Å²) in [6.07, 6.45) is 2.46. The van der Waals surface area contributed by atoms with Gasteiger partial charge >= 0.3 is 6.09 Å². The fraction of sp³-hybridized carbons (Fsp3) is 0.522. The lowest BCUT2D eigenvalue weighted by Crippen LogP contribution is -2.46. The lowest BCUT2D eigenvalue weighted by molar-refractivity contribution is 0.00743. The second-order valence-electron chi connectivity index (χ2n) is 8.86. The topological polar surface area (TPSA) is 65.2 Å². The number of fused-ring (bicyclic) bond motifs is 1. The summed E-state index contributed by atoms with van der Waals surface area (Å²) < 4.78 is 17.5. The van der Waals surface area contributed by atoms with Crippen molar-refractivity contribution in [2.24, 2.45) is 0 Å². The van der Waals surface area contributed by atoms with Crippen LogP contribution >= 0.6 is 11.6 Å². The molecule has 3 rings (SSSR count). The number of amides is 1. The highest BCUT2D eigenvalue weighted by Gasteiger charge is 2.29. The monoisotopic (exact) mass is 445 g/mol. The molecule has 0 unspecified atom stereocenters. The van der Waals surface area contributed by atoms with Crippen LogP contribution in [0, 0.1) is 6.57 Å². The highest BCUT2D eigenvalue weighted by atomic mass is 35.5. The van der Waals surface area contributed by atoms with Crippen molar-refractivity contribution in [1.82, 2.24) is 9.88 Å². The predicted molar refractivity (Wildman–Crippen MR) is 120 cm³/mol. The first-order chi connectivity index (χ1) is 14.6. The molecule has 0 radical (unpaired) electrons. The van der Waals surface area contributed by atoms with Crippen LogP contribution in [0.15, 0.2) is 18.3 Å². The average Bonchev–Trinajstić information content (AvgIpc) is 2.68. The maximum absolute atomic E-state index is 12.5. The van der Waals surface area contributed by atoms with Gasteiger partial charge in [-0.3, -0.25) is 0 Å².